The average Bonchev–Trinajstić information content (AvgIpc) is 3.69. The quantitative estimate of drug-likeness (QED) is 0.131. The maximum absolute atomic E-state index is 12.1. The van der Waals surface area contributed by atoms with Crippen molar-refractivity contribution >= 4 is 35.1 Å². The predicted octanol–water partition coefficient (Wildman–Crippen LogP) is 7.72. The zero-order chi connectivity index (χ0) is 30.4. The lowest BCUT2D eigenvalue weighted by Crippen LogP contribution is -2.05. The number of ether oxygens (including phenoxy) is 2. The summed E-state index contributed by atoms with van der Waals surface area (Å²) in [5.74, 6) is 0.349. The van der Waals surface area contributed by atoms with Gasteiger partial charge in [-0.1, -0.05) is 118 Å². The van der Waals surface area contributed by atoms with E-state index in [-0.39, 0.29) is 31.7 Å². The van der Waals surface area contributed by atoms with Crippen LogP contribution in [0.25, 0.3) is 5.57 Å². The molecule has 0 saturated carbocycles. The highest BCUT2D eigenvalue weighted by atomic mass is 16.6. The third-order valence-corrected chi connectivity index (χ3v) is 6.38. The highest BCUT2D eigenvalue weighted by molar-refractivity contribution is 6.14. The van der Waals surface area contributed by atoms with Crippen molar-refractivity contribution in [1.29, 1.82) is 0 Å². The van der Waals surface area contributed by atoms with Gasteiger partial charge in [0.2, 0.25) is 11.8 Å². The Morgan fingerprint density at radius 1 is 0.636 bits per heavy atom. The number of cyclic esters (lactones) is 2. The molecule has 0 radical (unpaired) electrons. The maximum atomic E-state index is 12.1. The molecule has 2 heterocycles. The SMILES string of the molecule is C.CC/C(=C1/N=C(c2ccccc2)OC1=O)c1ccccc1.CCC(=O)c1ccccc1.O=C1CN=C(c2ccccc2)O1. The number of benzene rings is 4. The van der Waals surface area contributed by atoms with E-state index < -0.39 is 0 Å². The van der Waals surface area contributed by atoms with Crippen LogP contribution in [-0.4, -0.2) is 36.1 Å². The second-order valence-electron chi connectivity index (χ2n) is 9.32. The van der Waals surface area contributed by atoms with Crippen molar-refractivity contribution in [3.8, 4) is 0 Å². The number of Topliss-reactive ketones (excluding diaryl/α,β-unsaturated/α-hetero) is 1. The standard InChI is InChI=1S/C18H15NO2.C9H7NO2.C9H10O.CH4/c1-2-15(13-9-5-3-6-10-13)16-18(20)21-17(19-16)14-11-7-4-8-12-14;11-8-6-10-9(12-8)7-4-2-1-3-5-7;1-2-9(10)8-6-4-3-5-7-8;/h3-12H,2H2,1H3;1-5H,6H2;3-7H,2H2,1H3;1H4/b16-15-;;;. The summed E-state index contributed by atoms with van der Waals surface area (Å²) in [4.78, 5) is 42.2. The summed E-state index contributed by atoms with van der Waals surface area (Å²) in [5.41, 5.74) is 4.79. The van der Waals surface area contributed by atoms with Crippen molar-refractivity contribution < 1.29 is 23.9 Å². The van der Waals surface area contributed by atoms with Crippen LogP contribution in [0.4, 0.5) is 0 Å². The molecule has 0 bridgehead atoms. The lowest BCUT2D eigenvalue weighted by atomic mass is 10.0. The van der Waals surface area contributed by atoms with E-state index >= 15 is 0 Å². The van der Waals surface area contributed by atoms with Gasteiger partial charge in [0.25, 0.3) is 0 Å². The molecule has 0 aliphatic carbocycles. The zero-order valence-electron chi connectivity index (χ0n) is 24.1. The Bertz CT molecular complexity index is 1630. The molecule has 7 heteroatoms. The average molecular weight is 589 g/mol. The fourth-order valence-corrected chi connectivity index (χ4v) is 4.22. The summed E-state index contributed by atoms with van der Waals surface area (Å²) < 4.78 is 10.2. The van der Waals surface area contributed by atoms with Gasteiger partial charge >= 0.3 is 11.9 Å². The number of ketones is 1. The first-order valence-corrected chi connectivity index (χ1v) is 14.0. The van der Waals surface area contributed by atoms with Crippen molar-refractivity contribution in [3.05, 3.63) is 149 Å². The second-order valence-corrected chi connectivity index (χ2v) is 9.32. The van der Waals surface area contributed by atoms with Gasteiger partial charge in [0, 0.05) is 23.1 Å². The molecular formula is C37H36N2O5. The monoisotopic (exact) mass is 588 g/mol. The van der Waals surface area contributed by atoms with Crippen molar-refractivity contribution in [2.45, 2.75) is 34.1 Å². The molecule has 2 aliphatic heterocycles. The van der Waals surface area contributed by atoms with Crippen LogP contribution in [0.3, 0.4) is 0 Å². The first-order valence-electron chi connectivity index (χ1n) is 14.0. The van der Waals surface area contributed by atoms with E-state index in [4.69, 9.17) is 9.47 Å². The molecule has 6 rings (SSSR count). The van der Waals surface area contributed by atoms with Crippen LogP contribution < -0.4 is 0 Å². The summed E-state index contributed by atoms with van der Waals surface area (Å²) in [5, 5.41) is 0. The Kier molecular flexibility index (Phi) is 12.7. The zero-order valence-corrected chi connectivity index (χ0v) is 24.1. The van der Waals surface area contributed by atoms with Gasteiger partial charge in [-0.2, -0.15) is 0 Å². The third-order valence-electron chi connectivity index (χ3n) is 6.38. The molecule has 0 spiro atoms. The largest absolute Gasteiger partial charge is 0.406 e. The fourth-order valence-electron chi connectivity index (χ4n) is 4.22. The number of hydrogen-bond acceptors (Lipinski definition) is 7. The van der Waals surface area contributed by atoms with Crippen molar-refractivity contribution in [2.75, 3.05) is 6.54 Å². The normalized spacial score (nSPS) is 14.2. The van der Waals surface area contributed by atoms with Crippen LogP contribution in [0.1, 0.15) is 61.2 Å². The Balaban J connectivity index is 0.000000196. The minimum atomic E-state index is -0.380. The lowest BCUT2D eigenvalue weighted by Gasteiger charge is -2.05. The number of allylic oxidation sites excluding steroid dienone is 1. The third kappa shape index (κ3) is 9.03. The molecule has 0 aromatic heterocycles. The van der Waals surface area contributed by atoms with Gasteiger partial charge in [-0.3, -0.25) is 4.79 Å². The van der Waals surface area contributed by atoms with Gasteiger partial charge in [-0.15, -0.1) is 0 Å². The molecule has 44 heavy (non-hydrogen) atoms. The molecule has 7 nitrogen and oxygen atoms in total. The summed E-state index contributed by atoms with van der Waals surface area (Å²) >= 11 is 0. The van der Waals surface area contributed by atoms with Crippen LogP contribution in [0, 0.1) is 0 Å². The van der Waals surface area contributed by atoms with E-state index in [1.165, 1.54) is 0 Å². The van der Waals surface area contributed by atoms with Crippen LogP contribution in [-0.2, 0) is 19.1 Å². The number of carbonyl (C=O) groups excluding carboxylic acids is 3. The van der Waals surface area contributed by atoms with Crippen LogP contribution >= 0.6 is 0 Å². The van der Waals surface area contributed by atoms with Crippen LogP contribution in [0.15, 0.2) is 137 Å². The molecule has 224 valence electrons. The number of carbonyl (C=O) groups is 3. The number of rotatable bonds is 6. The van der Waals surface area contributed by atoms with Crippen molar-refractivity contribution in [3.63, 3.8) is 0 Å². The number of hydrogen-bond donors (Lipinski definition) is 0. The van der Waals surface area contributed by atoms with E-state index in [9.17, 15) is 14.4 Å². The lowest BCUT2D eigenvalue weighted by molar-refractivity contribution is -0.132. The fraction of sp³-hybridized carbons (Fsp3) is 0.162. The minimum Gasteiger partial charge on any atom is -0.406 e. The number of esters is 2. The minimum absolute atomic E-state index is 0. The van der Waals surface area contributed by atoms with Gasteiger partial charge in [0.15, 0.2) is 11.5 Å². The van der Waals surface area contributed by atoms with Crippen molar-refractivity contribution in [2.24, 2.45) is 9.98 Å². The second kappa shape index (κ2) is 16.9. The molecule has 0 amide bonds. The van der Waals surface area contributed by atoms with Gasteiger partial charge in [0.1, 0.15) is 6.54 Å². The van der Waals surface area contributed by atoms with E-state index in [1.807, 2.05) is 135 Å². The molecule has 4 aromatic rings. The van der Waals surface area contributed by atoms with Gasteiger partial charge in [-0.25, -0.2) is 19.6 Å². The highest BCUT2D eigenvalue weighted by Gasteiger charge is 2.27. The maximum Gasteiger partial charge on any atom is 0.364 e. The number of aliphatic imine (C=N–C) groups is 2. The Labute approximate surface area is 258 Å². The Morgan fingerprint density at radius 3 is 1.57 bits per heavy atom. The number of nitrogens with zero attached hydrogens (tertiary/aromatic N) is 2. The van der Waals surface area contributed by atoms with Crippen molar-refractivity contribution in [1.82, 2.24) is 0 Å². The van der Waals surface area contributed by atoms with E-state index in [0.717, 1.165) is 34.2 Å². The molecule has 0 unspecified atom stereocenters. The van der Waals surface area contributed by atoms with Gasteiger partial charge in [0.05, 0.1) is 0 Å². The van der Waals surface area contributed by atoms with Gasteiger partial charge in [-0.05, 0) is 41.8 Å². The topological polar surface area (TPSA) is 94.4 Å². The Morgan fingerprint density at radius 2 is 1.11 bits per heavy atom. The first-order chi connectivity index (χ1) is 21.0. The molecule has 2 aliphatic rings. The van der Waals surface area contributed by atoms with E-state index in [2.05, 4.69) is 9.98 Å². The molecule has 0 N–H and O–H groups in total. The van der Waals surface area contributed by atoms with E-state index in [1.54, 1.807) is 0 Å². The molecule has 0 fully saturated rings. The van der Waals surface area contributed by atoms with Gasteiger partial charge < -0.3 is 9.47 Å². The summed E-state index contributed by atoms with van der Waals surface area (Å²) in [6.45, 7) is 4.03. The molecule has 0 atom stereocenters. The molecule has 4 aromatic carbocycles. The molecular weight excluding hydrogens is 552 g/mol. The van der Waals surface area contributed by atoms with Crippen LogP contribution in [0.2, 0.25) is 0 Å². The van der Waals surface area contributed by atoms with E-state index in [0.29, 0.717) is 23.9 Å². The smallest absolute Gasteiger partial charge is 0.364 e. The summed E-state index contributed by atoms with van der Waals surface area (Å²) in [6.07, 6.45) is 1.31. The highest BCUT2D eigenvalue weighted by Crippen LogP contribution is 2.28. The first kappa shape index (κ1) is 33.1. The Hall–Kier alpha value is -5.43. The summed E-state index contributed by atoms with van der Waals surface area (Å²) in [7, 11) is 0. The van der Waals surface area contributed by atoms with Crippen LogP contribution in [0.5, 0.6) is 0 Å². The summed E-state index contributed by atoms with van der Waals surface area (Å²) in [6, 6.07) is 38.0. The predicted molar refractivity (Wildman–Crippen MR) is 174 cm³/mol. The molecule has 0 saturated heterocycles.